The summed E-state index contributed by atoms with van der Waals surface area (Å²) in [5, 5.41) is 0. The average Bonchev–Trinajstić information content (AvgIpc) is 2.28. The molecule has 0 bridgehead atoms. The number of carbonyl (C=O) groups excluding carboxylic acids is 1. The van der Waals surface area contributed by atoms with Gasteiger partial charge in [0.2, 0.25) is 0 Å². The highest BCUT2D eigenvalue weighted by Gasteiger charge is 2.13. The topological polar surface area (TPSA) is 52.3 Å². The fourth-order valence-electron chi connectivity index (χ4n) is 1.71. The molecular weight excluding hydrogens is 233 g/mol. The predicted molar refractivity (Wildman–Crippen MR) is 66.2 cm³/mol. The van der Waals surface area contributed by atoms with E-state index in [1.165, 1.54) is 0 Å². The van der Waals surface area contributed by atoms with Gasteiger partial charge in [-0.3, -0.25) is 4.79 Å². The van der Waals surface area contributed by atoms with Gasteiger partial charge in [0.25, 0.3) is 5.91 Å². The summed E-state index contributed by atoms with van der Waals surface area (Å²) in [4.78, 5) is 11.1. The summed E-state index contributed by atoms with van der Waals surface area (Å²) in [6, 6.07) is 11.7. The molecule has 0 radical (unpaired) electrons. The number of primary amides is 1. The lowest BCUT2D eigenvalue weighted by molar-refractivity contribution is 0.0996. The van der Waals surface area contributed by atoms with Gasteiger partial charge in [-0.05, 0) is 30.7 Å². The first-order valence-electron chi connectivity index (χ1n) is 5.41. The Morgan fingerprint density at radius 1 is 1.17 bits per heavy atom. The molecule has 0 spiro atoms. The van der Waals surface area contributed by atoms with Gasteiger partial charge in [-0.2, -0.15) is 0 Å². The molecule has 2 N–H and O–H groups in total. The maximum Gasteiger partial charge on any atom is 0.251 e. The normalized spacial score (nSPS) is 10.1. The Bertz CT molecular complexity index is 559. The molecule has 0 fully saturated rings. The molecule has 2 aromatic carbocycles. The number of nitrogens with two attached hydrogens (primary N) is 1. The molecule has 0 aliphatic carbocycles. The highest BCUT2D eigenvalue weighted by Crippen LogP contribution is 2.25. The molecule has 1 amide bonds. The van der Waals surface area contributed by atoms with Crippen molar-refractivity contribution >= 4 is 5.91 Å². The van der Waals surface area contributed by atoms with Crippen LogP contribution in [0, 0.1) is 12.7 Å². The maximum atomic E-state index is 13.7. The van der Waals surface area contributed by atoms with Crippen molar-refractivity contribution in [2.24, 2.45) is 5.73 Å². The standard InChI is InChI=1S/C14H12FNO2/c1-9-7-11(8-12(15)13(9)14(16)17)18-10-5-3-2-4-6-10/h2-8H,1H3,(H2,16,17). The van der Waals surface area contributed by atoms with Gasteiger partial charge in [0.15, 0.2) is 0 Å². The molecule has 2 aromatic rings. The third-order valence-electron chi connectivity index (χ3n) is 2.49. The van der Waals surface area contributed by atoms with E-state index in [9.17, 15) is 9.18 Å². The zero-order valence-corrected chi connectivity index (χ0v) is 9.81. The van der Waals surface area contributed by atoms with Crippen LogP contribution in [0.1, 0.15) is 15.9 Å². The van der Waals surface area contributed by atoms with E-state index in [1.807, 2.05) is 18.2 Å². The number of halogens is 1. The predicted octanol–water partition coefficient (Wildman–Crippen LogP) is 3.03. The molecule has 4 heteroatoms. The van der Waals surface area contributed by atoms with Gasteiger partial charge in [-0.1, -0.05) is 18.2 Å². The van der Waals surface area contributed by atoms with Crippen LogP contribution in [0.5, 0.6) is 11.5 Å². The first-order chi connectivity index (χ1) is 8.58. The number of hydrogen-bond donors (Lipinski definition) is 1. The van der Waals surface area contributed by atoms with E-state index in [0.29, 0.717) is 17.1 Å². The van der Waals surface area contributed by atoms with Crippen LogP contribution in [-0.2, 0) is 0 Å². The number of benzene rings is 2. The van der Waals surface area contributed by atoms with E-state index >= 15 is 0 Å². The van der Waals surface area contributed by atoms with Crippen molar-refractivity contribution < 1.29 is 13.9 Å². The van der Waals surface area contributed by atoms with Gasteiger partial charge in [0.1, 0.15) is 17.3 Å². The lowest BCUT2D eigenvalue weighted by Crippen LogP contribution is -2.15. The molecule has 0 aliphatic heterocycles. The fraction of sp³-hybridized carbons (Fsp3) is 0.0714. The van der Waals surface area contributed by atoms with Crippen molar-refractivity contribution in [3.63, 3.8) is 0 Å². The molecular formula is C14H12FNO2. The average molecular weight is 245 g/mol. The molecule has 0 heterocycles. The minimum Gasteiger partial charge on any atom is -0.457 e. The van der Waals surface area contributed by atoms with Crippen LogP contribution in [0.4, 0.5) is 4.39 Å². The summed E-state index contributed by atoms with van der Waals surface area (Å²) >= 11 is 0. The molecule has 2 rings (SSSR count). The molecule has 0 saturated carbocycles. The van der Waals surface area contributed by atoms with E-state index in [-0.39, 0.29) is 5.56 Å². The van der Waals surface area contributed by atoms with Gasteiger partial charge in [-0.15, -0.1) is 0 Å². The Morgan fingerprint density at radius 3 is 2.39 bits per heavy atom. The van der Waals surface area contributed by atoms with Crippen LogP contribution in [0.3, 0.4) is 0 Å². The van der Waals surface area contributed by atoms with E-state index in [1.54, 1.807) is 25.1 Å². The number of amides is 1. The Morgan fingerprint density at radius 2 is 1.83 bits per heavy atom. The highest BCUT2D eigenvalue weighted by molar-refractivity contribution is 5.94. The highest BCUT2D eigenvalue weighted by atomic mass is 19.1. The van der Waals surface area contributed by atoms with E-state index in [4.69, 9.17) is 10.5 Å². The Kier molecular flexibility index (Phi) is 3.28. The van der Waals surface area contributed by atoms with Gasteiger partial charge in [0.05, 0.1) is 5.56 Å². The number of ether oxygens (including phenoxy) is 1. The smallest absolute Gasteiger partial charge is 0.251 e. The number of rotatable bonds is 3. The van der Waals surface area contributed by atoms with Crippen LogP contribution < -0.4 is 10.5 Å². The molecule has 18 heavy (non-hydrogen) atoms. The second kappa shape index (κ2) is 4.87. The minimum absolute atomic E-state index is 0.101. The van der Waals surface area contributed by atoms with E-state index in [0.717, 1.165) is 6.07 Å². The summed E-state index contributed by atoms with van der Waals surface area (Å²) < 4.78 is 19.2. The zero-order chi connectivity index (χ0) is 13.1. The van der Waals surface area contributed by atoms with Crippen LogP contribution in [0.15, 0.2) is 42.5 Å². The van der Waals surface area contributed by atoms with Crippen molar-refractivity contribution in [2.45, 2.75) is 6.92 Å². The second-order valence-electron chi connectivity index (χ2n) is 3.88. The molecule has 0 unspecified atom stereocenters. The second-order valence-corrected chi connectivity index (χ2v) is 3.88. The van der Waals surface area contributed by atoms with Gasteiger partial charge < -0.3 is 10.5 Å². The Labute approximate surface area is 104 Å². The van der Waals surface area contributed by atoms with Gasteiger partial charge >= 0.3 is 0 Å². The summed E-state index contributed by atoms with van der Waals surface area (Å²) in [5.74, 6) is -0.519. The molecule has 92 valence electrons. The number of aryl methyl sites for hydroxylation is 1. The SMILES string of the molecule is Cc1cc(Oc2ccccc2)cc(F)c1C(N)=O. The van der Waals surface area contributed by atoms with E-state index < -0.39 is 11.7 Å². The molecule has 0 aliphatic rings. The van der Waals surface area contributed by atoms with Gasteiger partial charge in [0, 0.05) is 6.07 Å². The van der Waals surface area contributed by atoms with Crippen LogP contribution >= 0.6 is 0 Å². The molecule has 3 nitrogen and oxygen atoms in total. The maximum absolute atomic E-state index is 13.7. The first kappa shape index (κ1) is 12.1. The fourth-order valence-corrected chi connectivity index (χ4v) is 1.71. The van der Waals surface area contributed by atoms with Crippen LogP contribution in [-0.4, -0.2) is 5.91 Å². The third kappa shape index (κ3) is 2.48. The monoisotopic (exact) mass is 245 g/mol. The lowest BCUT2D eigenvalue weighted by Gasteiger charge is -2.09. The third-order valence-corrected chi connectivity index (χ3v) is 2.49. The van der Waals surface area contributed by atoms with Crippen molar-refractivity contribution in [1.29, 1.82) is 0 Å². The van der Waals surface area contributed by atoms with Crippen LogP contribution in [0.25, 0.3) is 0 Å². The summed E-state index contributed by atoms with van der Waals surface area (Å²) in [5.41, 5.74) is 5.45. The van der Waals surface area contributed by atoms with Crippen molar-refractivity contribution in [1.82, 2.24) is 0 Å². The lowest BCUT2D eigenvalue weighted by atomic mass is 10.1. The molecule has 0 saturated heterocycles. The number of carbonyl (C=O) groups is 1. The summed E-state index contributed by atoms with van der Waals surface area (Å²) in [7, 11) is 0. The zero-order valence-electron chi connectivity index (χ0n) is 9.81. The Hall–Kier alpha value is -2.36. The summed E-state index contributed by atoms with van der Waals surface area (Å²) in [6.07, 6.45) is 0. The van der Waals surface area contributed by atoms with Crippen molar-refractivity contribution in [3.05, 3.63) is 59.4 Å². The number of para-hydroxylation sites is 1. The molecule has 0 atom stereocenters. The van der Waals surface area contributed by atoms with Crippen molar-refractivity contribution in [2.75, 3.05) is 0 Å². The quantitative estimate of drug-likeness (QED) is 0.903. The van der Waals surface area contributed by atoms with Gasteiger partial charge in [-0.25, -0.2) is 4.39 Å². The first-order valence-corrected chi connectivity index (χ1v) is 5.41. The van der Waals surface area contributed by atoms with E-state index in [2.05, 4.69) is 0 Å². The summed E-state index contributed by atoms with van der Waals surface area (Å²) in [6.45, 7) is 1.61. The Balaban J connectivity index is 2.34. The van der Waals surface area contributed by atoms with Crippen LogP contribution in [0.2, 0.25) is 0 Å². The number of hydrogen-bond acceptors (Lipinski definition) is 2. The largest absolute Gasteiger partial charge is 0.457 e. The minimum atomic E-state index is -0.781. The molecule has 0 aromatic heterocycles. The van der Waals surface area contributed by atoms with Crippen molar-refractivity contribution in [3.8, 4) is 11.5 Å².